The number of Topliss-reactive ketones (excluding diaryl/α,β-unsaturated/α-hetero) is 1. The molecule has 4 rings (SSSR count). The molecule has 3 aromatic rings. The molecule has 28 heavy (non-hydrogen) atoms. The van der Waals surface area contributed by atoms with Gasteiger partial charge in [0.05, 0.1) is 22.5 Å². The van der Waals surface area contributed by atoms with E-state index in [1.165, 1.54) is 7.11 Å². The van der Waals surface area contributed by atoms with E-state index in [2.05, 4.69) is 10.4 Å². The van der Waals surface area contributed by atoms with Gasteiger partial charge in [0.1, 0.15) is 11.6 Å². The minimum atomic E-state index is -0.774. The molecule has 0 fully saturated rings. The van der Waals surface area contributed by atoms with Crippen molar-refractivity contribution in [2.75, 3.05) is 12.4 Å². The number of hydrogen-bond acceptors (Lipinski definition) is 5. The number of anilines is 1. The molecule has 0 spiro atoms. The van der Waals surface area contributed by atoms with Gasteiger partial charge in [0.2, 0.25) is 6.29 Å². The van der Waals surface area contributed by atoms with Crippen LogP contribution in [-0.4, -0.2) is 29.0 Å². The minimum Gasteiger partial charge on any atom is -0.460 e. The Hall–Kier alpha value is -3.38. The molecule has 1 unspecified atom stereocenters. The maximum absolute atomic E-state index is 13.0. The van der Waals surface area contributed by atoms with Gasteiger partial charge in [-0.3, -0.25) is 4.79 Å². The van der Waals surface area contributed by atoms with Gasteiger partial charge in [-0.05, 0) is 38.1 Å². The molecular weight excluding hydrogens is 354 g/mol. The maximum atomic E-state index is 13.0. The Morgan fingerprint density at radius 3 is 2.68 bits per heavy atom. The van der Waals surface area contributed by atoms with Crippen LogP contribution in [0.1, 0.15) is 21.6 Å². The molecule has 0 radical (unpaired) electrons. The maximum Gasteiger partial charge on any atom is 0.231 e. The Kier molecular flexibility index (Phi) is 4.71. The third-order valence-corrected chi connectivity index (χ3v) is 4.55. The van der Waals surface area contributed by atoms with E-state index in [-0.39, 0.29) is 5.78 Å². The van der Waals surface area contributed by atoms with Crippen LogP contribution < -0.4 is 10.1 Å². The third kappa shape index (κ3) is 3.30. The van der Waals surface area contributed by atoms with Gasteiger partial charge in [-0.25, -0.2) is 4.68 Å². The highest BCUT2D eigenvalue weighted by Crippen LogP contribution is 2.32. The molecule has 0 amide bonds. The number of rotatable bonds is 4. The number of ketones is 1. The molecule has 0 saturated carbocycles. The fourth-order valence-corrected chi connectivity index (χ4v) is 3.19. The van der Waals surface area contributed by atoms with Crippen LogP contribution >= 0.6 is 0 Å². The number of hydrogen-bond donors (Lipinski definition) is 1. The van der Waals surface area contributed by atoms with Crippen molar-refractivity contribution in [3.8, 4) is 11.4 Å². The van der Waals surface area contributed by atoms with E-state index in [0.717, 1.165) is 22.8 Å². The molecule has 1 aliphatic rings. The van der Waals surface area contributed by atoms with Crippen LogP contribution in [0.2, 0.25) is 0 Å². The number of fused-ring (bicyclic) bond motifs is 1. The summed E-state index contributed by atoms with van der Waals surface area (Å²) in [4.78, 5) is 13.0. The zero-order chi connectivity index (χ0) is 19.7. The van der Waals surface area contributed by atoms with Crippen molar-refractivity contribution in [2.45, 2.75) is 20.1 Å². The number of carbonyl (C=O) groups is 1. The van der Waals surface area contributed by atoms with Gasteiger partial charge in [-0.1, -0.05) is 29.8 Å². The highest BCUT2D eigenvalue weighted by atomic mass is 16.7. The van der Waals surface area contributed by atoms with Gasteiger partial charge in [-0.2, -0.15) is 5.10 Å². The molecule has 1 atom stereocenters. The van der Waals surface area contributed by atoms with Gasteiger partial charge in [0.15, 0.2) is 5.78 Å². The fourth-order valence-electron chi connectivity index (χ4n) is 3.19. The summed E-state index contributed by atoms with van der Waals surface area (Å²) in [5.74, 6) is 1.16. The van der Waals surface area contributed by atoms with Crippen LogP contribution in [0.5, 0.6) is 5.75 Å². The number of carbonyl (C=O) groups excluding carboxylic acids is 1. The molecule has 0 saturated heterocycles. The lowest BCUT2D eigenvalue weighted by molar-refractivity contribution is -0.0283. The quantitative estimate of drug-likeness (QED) is 0.698. The first-order chi connectivity index (χ1) is 13.6. The van der Waals surface area contributed by atoms with Gasteiger partial charge in [-0.15, -0.1) is 0 Å². The van der Waals surface area contributed by atoms with Crippen LogP contribution in [0.25, 0.3) is 5.69 Å². The Morgan fingerprint density at radius 1 is 1.14 bits per heavy atom. The molecule has 0 aliphatic carbocycles. The second-order valence-electron chi connectivity index (χ2n) is 6.68. The summed E-state index contributed by atoms with van der Waals surface area (Å²) in [6.07, 6.45) is 0.863. The largest absolute Gasteiger partial charge is 0.460 e. The SMILES string of the molecule is COC1Oc2ccc(C)cc2C(=O)/C1=C\Nc1cc(C)nn1-c1ccccc1. The molecule has 1 N–H and O–H groups in total. The zero-order valence-corrected chi connectivity index (χ0v) is 16.0. The number of nitrogens with one attached hydrogen (secondary N) is 1. The third-order valence-electron chi connectivity index (χ3n) is 4.55. The lowest BCUT2D eigenvalue weighted by Crippen LogP contribution is -2.32. The van der Waals surface area contributed by atoms with E-state index in [0.29, 0.717) is 16.9 Å². The van der Waals surface area contributed by atoms with Gasteiger partial charge >= 0.3 is 0 Å². The summed E-state index contributed by atoms with van der Waals surface area (Å²) in [7, 11) is 1.52. The van der Waals surface area contributed by atoms with E-state index in [1.54, 1.807) is 16.9 Å². The van der Waals surface area contributed by atoms with E-state index >= 15 is 0 Å². The monoisotopic (exact) mass is 375 g/mol. The summed E-state index contributed by atoms with van der Waals surface area (Å²) >= 11 is 0. The summed E-state index contributed by atoms with van der Waals surface area (Å²) in [5.41, 5.74) is 3.72. The van der Waals surface area contributed by atoms with Crippen molar-refractivity contribution >= 4 is 11.6 Å². The lowest BCUT2D eigenvalue weighted by Gasteiger charge is -2.26. The van der Waals surface area contributed by atoms with E-state index in [1.807, 2.05) is 62.4 Å². The number of nitrogens with zero attached hydrogens (tertiary/aromatic N) is 2. The van der Waals surface area contributed by atoms with Crippen molar-refractivity contribution in [1.82, 2.24) is 9.78 Å². The standard InChI is InChI=1S/C22H21N3O3/c1-14-9-10-19-17(11-14)21(26)18(22(27-3)28-19)13-23-20-12-15(2)24-25(20)16-7-5-4-6-8-16/h4-13,22-23H,1-3H3/b18-13+. The van der Waals surface area contributed by atoms with Crippen LogP contribution in [0.3, 0.4) is 0 Å². The van der Waals surface area contributed by atoms with Crippen LogP contribution in [0, 0.1) is 13.8 Å². The number of aromatic nitrogens is 2. The Bertz CT molecular complexity index is 1050. The lowest BCUT2D eigenvalue weighted by atomic mass is 9.98. The molecular formula is C22H21N3O3. The van der Waals surface area contributed by atoms with E-state index < -0.39 is 6.29 Å². The molecule has 1 aromatic heterocycles. The normalized spacial score (nSPS) is 17.3. The number of para-hydroxylation sites is 1. The molecule has 6 heteroatoms. The summed E-state index contributed by atoms with van der Waals surface area (Å²) in [5, 5.41) is 7.73. The molecule has 1 aliphatic heterocycles. The van der Waals surface area contributed by atoms with Crippen molar-refractivity contribution in [2.24, 2.45) is 0 Å². The Balaban J connectivity index is 1.69. The predicted octanol–water partition coefficient (Wildman–Crippen LogP) is 4.03. The number of methoxy groups -OCH3 is 1. The van der Waals surface area contributed by atoms with Crippen molar-refractivity contribution in [3.63, 3.8) is 0 Å². The second kappa shape index (κ2) is 7.32. The molecule has 0 bridgehead atoms. The highest BCUT2D eigenvalue weighted by Gasteiger charge is 2.32. The molecule has 142 valence electrons. The van der Waals surface area contributed by atoms with Gasteiger partial charge in [0.25, 0.3) is 0 Å². The minimum absolute atomic E-state index is 0.119. The summed E-state index contributed by atoms with van der Waals surface area (Å²) in [6, 6.07) is 17.2. The predicted molar refractivity (Wildman–Crippen MR) is 107 cm³/mol. The second-order valence-corrected chi connectivity index (χ2v) is 6.68. The first-order valence-corrected chi connectivity index (χ1v) is 9.00. The molecule has 2 aromatic carbocycles. The first-order valence-electron chi connectivity index (χ1n) is 9.00. The number of benzene rings is 2. The van der Waals surface area contributed by atoms with Crippen molar-refractivity contribution in [1.29, 1.82) is 0 Å². The summed E-state index contributed by atoms with van der Waals surface area (Å²) in [6.45, 7) is 3.86. The van der Waals surface area contributed by atoms with Crippen LogP contribution in [-0.2, 0) is 4.74 Å². The molecule has 6 nitrogen and oxygen atoms in total. The fraction of sp³-hybridized carbons (Fsp3) is 0.182. The smallest absolute Gasteiger partial charge is 0.231 e. The average Bonchev–Trinajstić information content (AvgIpc) is 3.08. The summed E-state index contributed by atoms with van der Waals surface area (Å²) < 4.78 is 13.0. The van der Waals surface area contributed by atoms with Crippen molar-refractivity contribution in [3.05, 3.63) is 83.2 Å². The Labute approximate surface area is 163 Å². The van der Waals surface area contributed by atoms with Crippen LogP contribution in [0.15, 0.2) is 66.4 Å². The highest BCUT2D eigenvalue weighted by molar-refractivity contribution is 6.12. The molecule has 2 heterocycles. The average molecular weight is 375 g/mol. The zero-order valence-electron chi connectivity index (χ0n) is 16.0. The van der Waals surface area contributed by atoms with Gasteiger partial charge < -0.3 is 14.8 Å². The van der Waals surface area contributed by atoms with E-state index in [9.17, 15) is 4.79 Å². The Morgan fingerprint density at radius 2 is 1.93 bits per heavy atom. The number of aryl methyl sites for hydroxylation is 2. The van der Waals surface area contributed by atoms with Crippen molar-refractivity contribution < 1.29 is 14.3 Å². The first kappa shape index (κ1) is 18.0. The topological polar surface area (TPSA) is 65.4 Å². The van der Waals surface area contributed by atoms with Gasteiger partial charge in [0, 0.05) is 19.4 Å². The van der Waals surface area contributed by atoms with Crippen LogP contribution in [0.4, 0.5) is 5.82 Å². The number of ether oxygens (including phenoxy) is 2. The van der Waals surface area contributed by atoms with E-state index in [4.69, 9.17) is 9.47 Å².